The molecule has 1 aromatic carbocycles. The summed E-state index contributed by atoms with van der Waals surface area (Å²) in [7, 11) is 0. The normalized spacial score (nSPS) is 27.5. The number of benzene rings is 1. The lowest BCUT2D eigenvalue weighted by atomic mass is 10.0. The minimum absolute atomic E-state index is 0.00189. The largest absolute Gasteiger partial charge is 0.462 e. The molecule has 14 heteroatoms. The third-order valence-corrected chi connectivity index (χ3v) is 8.12. The topological polar surface area (TPSA) is 156 Å². The number of nitrogen functional groups attached to an aromatic ring is 1. The minimum atomic E-state index is -3.38. The van der Waals surface area contributed by atoms with Crippen LogP contribution in [0.15, 0.2) is 47.4 Å². The van der Waals surface area contributed by atoms with Crippen LogP contribution in [0.25, 0.3) is 0 Å². The van der Waals surface area contributed by atoms with Gasteiger partial charge in [0.2, 0.25) is 0 Å². The summed E-state index contributed by atoms with van der Waals surface area (Å²) in [5.74, 6) is -0.0238. The van der Waals surface area contributed by atoms with Crippen LogP contribution in [0.3, 0.4) is 0 Å². The van der Waals surface area contributed by atoms with E-state index in [1.165, 1.54) is 16.8 Å². The van der Waals surface area contributed by atoms with Crippen LogP contribution < -0.4 is 21.0 Å². The lowest BCUT2D eigenvalue weighted by Crippen LogP contribution is -2.46. The number of carbonyl (C=O) groups is 1. The first-order valence-corrected chi connectivity index (χ1v) is 14.0. The molecule has 3 heterocycles. The van der Waals surface area contributed by atoms with Gasteiger partial charge < -0.3 is 34.1 Å². The molecular formula is C22H29N4O8PS. The van der Waals surface area contributed by atoms with Crippen LogP contribution in [0.4, 0.5) is 5.82 Å². The lowest BCUT2D eigenvalue weighted by Gasteiger charge is -2.33. The third kappa shape index (κ3) is 5.62. The zero-order chi connectivity index (χ0) is 26.1. The molecule has 2 saturated heterocycles. The molecular weight excluding hydrogens is 511 g/mol. The molecule has 12 nitrogen and oxygen atoms in total. The van der Waals surface area contributed by atoms with Crippen molar-refractivity contribution >= 4 is 30.2 Å². The van der Waals surface area contributed by atoms with E-state index in [1.807, 2.05) is 6.07 Å². The van der Waals surface area contributed by atoms with Crippen LogP contribution in [-0.4, -0.2) is 63.8 Å². The van der Waals surface area contributed by atoms with Crippen molar-refractivity contribution in [1.82, 2.24) is 14.6 Å². The van der Waals surface area contributed by atoms with Crippen molar-refractivity contribution in [2.45, 2.75) is 57.0 Å². The fourth-order valence-electron chi connectivity index (χ4n) is 3.89. The van der Waals surface area contributed by atoms with E-state index in [2.05, 4.69) is 10.1 Å². The van der Waals surface area contributed by atoms with Crippen molar-refractivity contribution < 1.29 is 33.2 Å². The first-order valence-electron chi connectivity index (χ1n) is 11.3. The summed E-state index contributed by atoms with van der Waals surface area (Å²) in [6.07, 6.45) is -1.80. The number of aliphatic hydroxyl groups excluding tert-OH is 1. The number of para-hydroxylation sites is 1. The second-order valence-corrected chi connectivity index (χ2v) is 12.0. The molecule has 196 valence electrons. The van der Waals surface area contributed by atoms with E-state index in [0.717, 1.165) is 0 Å². The number of carbonyl (C=O) groups excluding carboxylic acids is 1. The highest BCUT2D eigenvalue weighted by Gasteiger charge is 2.62. The molecule has 0 spiro atoms. The molecule has 2 fully saturated rings. The van der Waals surface area contributed by atoms with E-state index in [-0.39, 0.29) is 25.1 Å². The van der Waals surface area contributed by atoms with Crippen molar-refractivity contribution in [3.05, 3.63) is 53.1 Å². The van der Waals surface area contributed by atoms with Gasteiger partial charge in [0, 0.05) is 6.20 Å². The molecule has 0 amide bonds. The Balaban J connectivity index is 1.53. The first-order chi connectivity index (χ1) is 17.0. The summed E-state index contributed by atoms with van der Waals surface area (Å²) < 4.78 is 30.4. The Kier molecular flexibility index (Phi) is 7.81. The van der Waals surface area contributed by atoms with Gasteiger partial charge in [0.25, 0.3) is 0 Å². The average Bonchev–Trinajstić information content (AvgIpc) is 3.27. The quantitative estimate of drug-likeness (QED) is 0.292. The van der Waals surface area contributed by atoms with Crippen LogP contribution in [-0.2, 0) is 35.3 Å². The van der Waals surface area contributed by atoms with Gasteiger partial charge in [-0.05, 0) is 50.8 Å². The summed E-state index contributed by atoms with van der Waals surface area (Å²) >= 11 is 5.73. The summed E-state index contributed by atoms with van der Waals surface area (Å²) in [6, 6.07) is 9.37. The van der Waals surface area contributed by atoms with Gasteiger partial charge in [-0.25, -0.2) is 9.88 Å². The summed E-state index contributed by atoms with van der Waals surface area (Å²) in [5, 5.41) is 13.9. The predicted molar refractivity (Wildman–Crippen MR) is 133 cm³/mol. The number of nitrogens with one attached hydrogen (secondary N) is 1. The lowest BCUT2D eigenvalue weighted by molar-refractivity contribution is -0.184. The summed E-state index contributed by atoms with van der Waals surface area (Å²) in [4.78, 5) is 28.5. The number of nitrogens with zero attached hydrogens (tertiary/aromatic N) is 2. The Morgan fingerprint density at radius 1 is 1.36 bits per heavy atom. The zero-order valence-electron chi connectivity index (χ0n) is 20.0. The van der Waals surface area contributed by atoms with Crippen LogP contribution in [0.1, 0.15) is 27.0 Å². The van der Waals surface area contributed by atoms with Crippen molar-refractivity contribution in [1.29, 1.82) is 0 Å². The highest BCUT2D eigenvalue weighted by atomic mass is 32.5. The van der Waals surface area contributed by atoms with Crippen molar-refractivity contribution in [3.63, 3.8) is 0 Å². The molecule has 0 radical (unpaired) electrons. The predicted octanol–water partition coefficient (Wildman–Crippen LogP) is 1.10. The summed E-state index contributed by atoms with van der Waals surface area (Å²) in [6.45, 7) is 1.46. The van der Waals surface area contributed by atoms with Gasteiger partial charge in [0.1, 0.15) is 35.4 Å². The van der Waals surface area contributed by atoms with Crippen molar-refractivity contribution in [2.75, 3.05) is 18.9 Å². The van der Waals surface area contributed by atoms with Gasteiger partial charge in [-0.15, -0.1) is 0 Å². The number of aliphatic hydroxyl groups is 1. The van der Waals surface area contributed by atoms with Gasteiger partial charge in [0.15, 0.2) is 6.23 Å². The fraction of sp³-hybridized carbons (Fsp3) is 0.500. The van der Waals surface area contributed by atoms with E-state index in [0.29, 0.717) is 5.75 Å². The Morgan fingerprint density at radius 2 is 2.08 bits per heavy atom. The Labute approximate surface area is 212 Å². The second kappa shape index (κ2) is 10.5. The van der Waals surface area contributed by atoms with Gasteiger partial charge in [-0.1, -0.05) is 18.2 Å². The zero-order valence-corrected chi connectivity index (χ0v) is 21.7. The van der Waals surface area contributed by atoms with E-state index in [9.17, 15) is 14.7 Å². The molecule has 2 aromatic rings. The van der Waals surface area contributed by atoms with E-state index >= 15 is 0 Å². The number of rotatable bonds is 10. The molecule has 0 unspecified atom stereocenters. The molecule has 4 N–H and O–H groups in total. The molecule has 2 aliphatic rings. The molecule has 36 heavy (non-hydrogen) atoms. The Morgan fingerprint density at radius 3 is 2.75 bits per heavy atom. The fourth-order valence-corrected chi connectivity index (χ4v) is 6.33. The Bertz CT molecular complexity index is 1200. The number of anilines is 1. The maximum Gasteiger partial charge on any atom is 0.351 e. The maximum atomic E-state index is 12.4. The van der Waals surface area contributed by atoms with E-state index < -0.39 is 48.4 Å². The van der Waals surface area contributed by atoms with Crippen molar-refractivity contribution in [2.24, 2.45) is 0 Å². The Hall–Kier alpha value is -2.38. The van der Waals surface area contributed by atoms with Gasteiger partial charge in [0.05, 0.1) is 19.3 Å². The van der Waals surface area contributed by atoms with Crippen molar-refractivity contribution in [3.8, 4) is 5.75 Å². The highest BCUT2D eigenvalue weighted by Crippen LogP contribution is 2.50. The molecule has 6 atom stereocenters. The first kappa shape index (κ1) is 26.7. The number of hydrogen-bond donors (Lipinski definition) is 3. The minimum Gasteiger partial charge on any atom is -0.462 e. The standard InChI is InChI=1S/C22H29N4O8PS/c1-13(2)32-20(28)14(3)25-35(36,34-15-7-5-4-6-8-15)31-12-22-11-30-17(18(22)27)19(33-22)26-10-9-16(23)24-21(26)29/h4-10,13-14,17-19,27H,11-12H2,1-3H3,(H,25,36)(H2,23,24,29)/t14-,17-,18+,19-,22-,35+/m1/s1. The number of nitrogens with two attached hydrogens (primary N) is 1. The number of ether oxygens (including phenoxy) is 3. The van der Waals surface area contributed by atoms with Gasteiger partial charge >= 0.3 is 18.3 Å². The highest BCUT2D eigenvalue weighted by molar-refractivity contribution is 8.09. The van der Waals surface area contributed by atoms with E-state index in [1.54, 1.807) is 45.0 Å². The number of aromatic nitrogens is 2. The number of hydrogen-bond acceptors (Lipinski definition) is 11. The van der Waals surface area contributed by atoms with Gasteiger partial charge in [-0.2, -0.15) is 4.98 Å². The monoisotopic (exact) mass is 540 g/mol. The smallest absolute Gasteiger partial charge is 0.351 e. The molecule has 4 rings (SSSR count). The molecule has 0 aliphatic carbocycles. The van der Waals surface area contributed by atoms with Crippen LogP contribution in [0.2, 0.25) is 0 Å². The third-order valence-electron chi connectivity index (χ3n) is 5.64. The molecule has 2 bridgehead atoms. The van der Waals surface area contributed by atoms with Crippen LogP contribution >= 0.6 is 6.64 Å². The number of esters is 1. The SMILES string of the molecule is CC(C)OC(=O)[C@@H](C)N[P@](=S)(OC[C@@]12CO[C@@H]([C@H](n3ccc(N)nc3=O)O1)[C@@H]2O)Oc1ccccc1. The van der Waals surface area contributed by atoms with Gasteiger partial charge in [-0.3, -0.25) is 9.36 Å². The van der Waals surface area contributed by atoms with Crippen LogP contribution in [0.5, 0.6) is 5.75 Å². The van der Waals surface area contributed by atoms with Crippen LogP contribution in [0, 0.1) is 0 Å². The average molecular weight is 541 g/mol. The second-order valence-electron chi connectivity index (χ2n) is 8.85. The maximum absolute atomic E-state index is 12.4. The number of fused-ring (bicyclic) bond motifs is 2. The molecule has 2 aliphatic heterocycles. The molecule has 1 aromatic heterocycles. The van der Waals surface area contributed by atoms with E-state index in [4.69, 9.17) is 40.8 Å². The summed E-state index contributed by atoms with van der Waals surface area (Å²) in [5.41, 5.74) is 3.60. The molecule has 0 saturated carbocycles.